The molecule has 0 aliphatic carbocycles. The highest BCUT2D eigenvalue weighted by molar-refractivity contribution is 9.10. The molecule has 1 N–H and O–H groups in total. The molecule has 0 amide bonds. The van der Waals surface area contributed by atoms with E-state index in [4.69, 9.17) is 16.3 Å². The molecule has 0 saturated carbocycles. The van der Waals surface area contributed by atoms with Gasteiger partial charge in [-0.05, 0) is 33.1 Å². The number of carbonyl (C=O) groups is 1. The lowest BCUT2D eigenvalue weighted by molar-refractivity contribution is -0.146. The number of fused-ring (bicyclic) bond motifs is 1. The summed E-state index contributed by atoms with van der Waals surface area (Å²) < 4.78 is 19.3. The van der Waals surface area contributed by atoms with Gasteiger partial charge in [-0.15, -0.1) is 0 Å². The lowest BCUT2D eigenvalue weighted by Crippen LogP contribution is -2.42. The van der Waals surface area contributed by atoms with Crippen LogP contribution in [0.5, 0.6) is 0 Å². The van der Waals surface area contributed by atoms with Gasteiger partial charge in [0.2, 0.25) is 0 Å². The molecule has 0 saturated heterocycles. The molecule has 0 fully saturated rings. The van der Waals surface area contributed by atoms with Crippen LogP contribution in [0.1, 0.15) is 11.1 Å². The molecule has 114 valence electrons. The average molecular weight is 385 g/mol. The van der Waals surface area contributed by atoms with Crippen LogP contribution >= 0.6 is 27.5 Å². The third-order valence-electron chi connectivity index (χ3n) is 3.85. The molecule has 0 aromatic heterocycles. The van der Waals surface area contributed by atoms with Crippen LogP contribution in [0, 0.1) is 5.82 Å². The Bertz CT molecular complexity index is 754. The zero-order valence-electron chi connectivity index (χ0n) is 11.6. The average Bonchev–Trinajstić information content (AvgIpc) is 2.93. The smallest absolute Gasteiger partial charge is 0.336 e. The first-order valence-electron chi connectivity index (χ1n) is 6.58. The lowest BCUT2D eigenvalue weighted by atomic mass is 9.87. The fourth-order valence-electron chi connectivity index (χ4n) is 2.77. The third kappa shape index (κ3) is 2.20. The fraction of sp³-hybridized carbons (Fsp3) is 0.188. The molecule has 0 bridgehead atoms. The largest absolute Gasteiger partial charge is 0.467 e. The SMILES string of the molecule is COC(=O)[C@@]1(c2ccccc2)Cc2c(cc(F)c(Cl)c2Br)N1. The molecular formula is C16H12BrClFNO2. The number of benzene rings is 2. The number of anilines is 1. The Morgan fingerprint density at radius 2 is 2.09 bits per heavy atom. The van der Waals surface area contributed by atoms with Crippen molar-refractivity contribution in [2.45, 2.75) is 12.0 Å². The second-order valence-corrected chi connectivity index (χ2v) is 6.25. The highest BCUT2D eigenvalue weighted by Gasteiger charge is 2.47. The summed E-state index contributed by atoms with van der Waals surface area (Å²) in [5, 5.41) is 3.13. The van der Waals surface area contributed by atoms with Crippen molar-refractivity contribution in [1.82, 2.24) is 0 Å². The minimum atomic E-state index is -1.09. The number of carbonyl (C=O) groups excluding carboxylic acids is 1. The second-order valence-electron chi connectivity index (χ2n) is 5.08. The van der Waals surface area contributed by atoms with E-state index in [0.29, 0.717) is 16.6 Å². The van der Waals surface area contributed by atoms with Gasteiger partial charge < -0.3 is 10.1 Å². The third-order valence-corrected chi connectivity index (χ3v) is 5.33. The molecule has 2 aromatic rings. The first-order chi connectivity index (χ1) is 10.5. The van der Waals surface area contributed by atoms with Crippen molar-refractivity contribution in [2.75, 3.05) is 12.4 Å². The van der Waals surface area contributed by atoms with E-state index < -0.39 is 17.3 Å². The van der Waals surface area contributed by atoms with Crippen LogP contribution in [0.25, 0.3) is 0 Å². The van der Waals surface area contributed by atoms with Gasteiger partial charge >= 0.3 is 5.97 Å². The normalized spacial score (nSPS) is 19.5. The Kier molecular flexibility index (Phi) is 3.87. The maximum absolute atomic E-state index is 13.9. The van der Waals surface area contributed by atoms with Crippen molar-refractivity contribution >= 4 is 39.2 Å². The summed E-state index contributed by atoms with van der Waals surface area (Å²) in [5.41, 5.74) is 0.947. The van der Waals surface area contributed by atoms with E-state index in [-0.39, 0.29) is 5.02 Å². The summed E-state index contributed by atoms with van der Waals surface area (Å²) in [4.78, 5) is 12.5. The highest BCUT2D eigenvalue weighted by atomic mass is 79.9. The predicted octanol–water partition coefficient (Wildman–Crippen LogP) is 4.28. The minimum absolute atomic E-state index is 0.00859. The van der Waals surface area contributed by atoms with E-state index in [1.807, 2.05) is 30.3 Å². The van der Waals surface area contributed by atoms with Crippen molar-refractivity contribution in [3.8, 4) is 0 Å². The molecule has 3 nitrogen and oxygen atoms in total. The van der Waals surface area contributed by atoms with Gasteiger partial charge in [0.1, 0.15) is 5.82 Å². The molecule has 1 aliphatic heterocycles. The van der Waals surface area contributed by atoms with Gasteiger partial charge in [-0.3, -0.25) is 0 Å². The number of ether oxygens (including phenoxy) is 1. The molecular weight excluding hydrogens is 373 g/mol. The van der Waals surface area contributed by atoms with Crippen LogP contribution in [0.4, 0.5) is 10.1 Å². The van der Waals surface area contributed by atoms with Crippen molar-refractivity contribution < 1.29 is 13.9 Å². The van der Waals surface area contributed by atoms with E-state index in [1.54, 1.807) is 0 Å². The zero-order valence-corrected chi connectivity index (χ0v) is 14.0. The molecule has 22 heavy (non-hydrogen) atoms. The predicted molar refractivity (Wildman–Crippen MR) is 86.6 cm³/mol. The van der Waals surface area contributed by atoms with E-state index in [2.05, 4.69) is 21.2 Å². The van der Waals surface area contributed by atoms with Crippen LogP contribution in [0.2, 0.25) is 5.02 Å². The van der Waals surface area contributed by atoms with Gasteiger partial charge in [0, 0.05) is 16.6 Å². The molecule has 1 aliphatic rings. The molecule has 0 unspecified atom stereocenters. The Hall–Kier alpha value is -1.59. The first kappa shape index (κ1) is 15.3. The quantitative estimate of drug-likeness (QED) is 0.620. The van der Waals surface area contributed by atoms with Gasteiger partial charge in [-0.2, -0.15) is 0 Å². The number of halogens is 3. The van der Waals surface area contributed by atoms with Crippen LogP contribution in [0.3, 0.4) is 0 Å². The maximum Gasteiger partial charge on any atom is 0.336 e. The summed E-state index contributed by atoms with van der Waals surface area (Å²) in [6.07, 6.45) is 0.319. The van der Waals surface area contributed by atoms with E-state index in [0.717, 1.165) is 11.1 Å². The van der Waals surface area contributed by atoms with Crippen molar-refractivity contribution in [1.29, 1.82) is 0 Å². The molecule has 6 heteroatoms. The summed E-state index contributed by atoms with van der Waals surface area (Å²) in [6.45, 7) is 0. The summed E-state index contributed by atoms with van der Waals surface area (Å²) in [6, 6.07) is 10.5. The fourth-order valence-corrected chi connectivity index (χ4v) is 3.48. The number of hydrogen-bond acceptors (Lipinski definition) is 3. The standard InChI is InChI=1S/C16H12BrClFNO2/c1-22-15(21)16(9-5-3-2-4-6-9)8-10-12(20-16)7-11(19)14(18)13(10)17/h2-7,20H,8H2,1H3/t16-/m0/s1. The Balaban J connectivity index is 2.17. The molecule has 0 radical (unpaired) electrons. The number of nitrogens with one attached hydrogen (secondary N) is 1. The van der Waals surface area contributed by atoms with E-state index in [9.17, 15) is 9.18 Å². The summed E-state index contributed by atoms with van der Waals surface area (Å²) >= 11 is 9.26. The van der Waals surface area contributed by atoms with E-state index >= 15 is 0 Å². The van der Waals surface area contributed by atoms with Crippen LogP contribution < -0.4 is 5.32 Å². The zero-order chi connectivity index (χ0) is 15.9. The van der Waals surface area contributed by atoms with Gasteiger partial charge in [0.25, 0.3) is 0 Å². The van der Waals surface area contributed by atoms with Crippen LogP contribution in [0.15, 0.2) is 40.9 Å². The molecule has 2 aromatic carbocycles. The topological polar surface area (TPSA) is 38.3 Å². The van der Waals surface area contributed by atoms with Gasteiger partial charge in [0.05, 0.1) is 12.1 Å². The highest BCUT2D eigenvalue weighted by Crippen LogP contribution is 2.46. The van der Waals surface area contributed by atoms with Gasteiger partial charge in [-0.1, -0.05) is 41.9 Å². The maximum atomic E-state index is 13.9. The molecule has 1 atom stereocenters. The van der Waals surface area contributed by atoms with Crippen molar-refractivity contribution in [3.05, 3.63) is 62.8 Å². The van der Waals surface area contributed by atoms with Crippen molar-refractivity contribution in [3.63, 3.8) is 0 Å². The lowest BCUT2D eigenvalue weighted by Gasteiger charge is -2.27. The monoisotopic (exact) mass is 383 g/mol. The van der Waals surface area contributed by atoms with Crippen LogP contribution in [-0.2, 0) is 21.5 Å². The number of esters is 1. The number of rotatable bonds is 2. The van der Waals surface area contributed by atoms with Gasteiger partial charge in [-0.25, -0.2) is 9.18 Å². The Labute approximate surface area is 140 Å². The minimum Gasteiger partial charge on any atom is -0.467 e. The van der Waals surface area contributed by atoms with Crippen LogP contribution in [-0.4, -0.2) is 13.1 Å². The van der Waals surface area contributed by atoms with E-state index in [1.165, 1.54) is 13.2 Å². The molecule has 3 rings (SSSR count). The number of methoxy groups -OCH3 is 1. The molecule has 0 spiro atoms. The van der Waals surface area contributed by atoms with Gasteiger partial charge in [0.15, 0.2) is 5.54 Å². The Morgan fingerprint density at radius 1 is 1.41 bits per heavy atom. The second kappa shape index (κ2) is 5.56. The summed E-state index contributed by atoms with van der Waals surface area (Å²) in [5.74, 6) is -0.980. The number of hydrogen-bond donors (Lipinski definition) is 1. The van der Waals surface area contributed by atoms with Crippen molar-refractivity contribution in [2.24, 2.45) is 0 Å². The first-order valence-corrected chi connectivity index (χ1v) is 7.75. The summed E-state index contributed by atoms with van der Waals surface area (Å²) in [7, 11) is 1.33. The Morgan fingerprint density at radius 3 is 2.73 bits per heavy atom. The molecule has 1 heterocycles.